The van der Waals surface area contributed by atoms with Crippen LogP contribution in [-0.4, -0.2) is 30.8 Å². The lowest BCUT2D eigenvalue weighted by Crippen LogP contribution is -2.32. The number of pyridine rings is 1. The molecule has 1 aliphatic heterocycles. The number of nitrogens with zero attached hydrogens (tertiary/aromatic N) is 1. The average Bonchev–Trinajstić information content (AvgIpc) is 2.63. The molecule has 2 heterocycles. The summed E-state index contributed by atoms with van der Waals surface area (Å²) in [5.74, 6) is 1.09. The van der Waals surface area contributed by atoms with Gasteiger partial charge >= 0.3 is 0 Å². The highest BCUT2D eigenvalue weighted by Gasteiger charge is 2.25. The minimum absolute atomic E-state index is 0.103. The van der Waals surface area contributed by atoms with Crippen molar-refractivity contribution in [2.45, 2.75) is 6.04 Å². The Morgan fingerprint density at radius 3 is 3.14 bits per heavy atom. The van der Waals surface area contributed by atoms with Gasteiger partial charge in [-0.2, -0.15) is 0 Å². The van der Waals surface area contributed by atoms with Gasteiger partial charge in [-0.1, -0.05) is 0 Å². The van der Waals surface area contributed by atoms with Gasteiger partial charge < -0.3 is 15.2 Å². The topological polar surface area (TPSA) is 57.4 Å². The number of rotatable bonds is 3. The quantitative estimate of drug-likeness (QED) is 0.758. The molecule has 0 aliphatic carbocycles. The SMILES string of the molecule is NC1COCC1COc1cccnc1. The second kappa shape index (κ2) is 4.39. The standard InChI is InChI=1S/C10H14N2O2/c11-10-7-13-5-8(10)6-14-9-2-1-3-12-4-9/h1-4,8,10H,5-7,11H2. The van der Waals surface area contributed by atoms with Gasteiger partial charge in [0.05, 0.1) is 26.0 Å². The normalized spacial score (nSPS) is 26.4. The highest BCUT2D eigenvalue weighted by molar-refractivity contribution is 5.15. The van der Waals surface area contributed by atoms with Crippen molar-refractivity contribution < 1.29 is 9.47 Å². The van der Waals surface area contributed by atoms with E-state index in [1.807, 2.05) is 12.1 Å². The van der Waals surface area contributed by atoms with Crippen LogP contribution in [0.5, 0.6) is 5.75 Å². The molecule has 0 saturated carbocycles. The van der Waals surface area contributed by atoms with Crippen molar-refractivity contribution in [3.63, 3.8) is 0 Å². The smallest absolute Gasteiger partial charge is 0.137 e. The Morgan fingerprint density at radius 2 is 2.50 bits per heavy atom. The van der Waals surface area contributed by atoms with E-state index in [2.05, 4.69) is 4.98 Å². The van der Waals surface area contributed by atoms with E-state index < -0.39 is 0 Å². The molecule has 14 heavy (non-hydrogen) atoms. The molecule has 1 saturated heterocycles. The second-order valence-electron chi connectivity index (χ2n) is 3.46. The summed E-state index contributed by atoms with van der Waals surface area (Å²) in [6.07, 6.45) is 3.42. The lowest BCUT2D eigenvalue weighted by molar-refractivity contribution is 0.167. The molecular formula is C10H14N2O2. The van der Waals surface area contributed by atoms with Gasteiger partial charge in [-0.3, -0.25) is 4.98 Å². The zero-order valence-electron chi connectivity index (χ0n) is 7.93. The molecule has 4 heteroatoms. The van der Waals surface area contributed by atoms with Gasteiger partial charge in [0.25, 0.3) is 0 Å². The van der Waals surface area contributed by atoms with Crippen molar-refractivity contribution in [2.75, 3.05) is 19.8 Å². The molecule has 4 nitrogen and oxygen atoms in total. The summed E-state index contributed by atoms with van der Waals surface area (Å²) in [5, 5.41) is 0. The van der Waals surface area contributed by atoms with Crippen LogP contribution in [0.3, 0.4) is 0 Å². The van der Waals surface area contributed by atoms with Gasteiger partial charge in [-0.25, -0.2) is 0 Å². The fraction of sp³-hybridized carbons (Fsp3) is 0.500. The summed E-state index contributed by atoms with van der Waals surface area (Å²) in [4.78, 5) is 3.96. The first kappa shape index (κ1) is 9.43. The van der Waals surface area contributed by atoms with Crippen LogP contribution >= 0.6 is 0 Å². The van der Waals surface area contributed by atoms with Crippen LogP contribution in [0.2, 0.25) is 0 Å². The monoisotopic (exact) mass is 194 g/mol. The molecular weight excluding hydrogens is 180 g/mol. The van der Waals surface area contributed by atoms with Crippen molar-refractivity contribution in [3.05, 3.63) is 24.5 Å². The molecule has 2 N–H and O–H groups in total. The summed E-state index contributed by atoms with van der Waals surface area (Å²) < 4.78 is 10.8. The summed E-state index contributed by atoms with van der Waals surface area (Å²) in [5.41, 5.74) is 5.82. The van der Waals surface area contributed by atoms with Crippen molar-refractivity contribution in [3.8, 4) is 5.75 Å². The van der Waals surface area contributed by atoms with Gasteiger partial charge in [0.2, 0.25) is 0 Å². The predicted molar refractivity (Wildman–Crippen MR) is 52.0 cm³/mol. The average molecular weight is 194 g/mol. The van der Waals surface area contributed by atoms with E-state index in [1.165, 1.54) is 0 Å². The van der Waals surface area contributed by atoms with E-state index in [9.17, 15) is 0 Å². The predicted octanol–water partition coefficient (Wildman–Crippen LogP) is 0.434. The molecule has 0 radical (unpaired) electrons. The Hall–Kier alpha value is -1.13. The minimum Gasteiger partial charge on any atom is -0.492 e. The third-order valence-corrected chi connectivity index (χ3v) is 2.35. The molecule has 2 atom stereocenters. The van der Waals surface area contributed by atoms with Crippen LogP contribution in [0.4, 0.5) is 0 Å². The second-order valence-corrected chi connectivity index (χ2v) is 3.46. The van der Waals surface area contributed by atoms with E-state index in [-0.39, 0.29) is 6.04 Å². The first-order valence-electron chi connectivity index (χ1n) is 4.72. The Bertz CT molecular complexity index is 279. The molecule has 1 fully saturated rings. The molecule has 2 unspecified atom stereocenters. The maximum absolute atomic E-state index is 5.82. The van der Waals surface area contributed by atoms with Crippen LogP contribution in [0, 0.1) is 5.92 Å². The van der Waals surface area contributed by atoms with Crippen molar-refractivity contribution >= 4 is 0 Å². The number of nitrogens with two attached hydrogens (primary N) is 1. The summed E-state index contributed by atoms with van der Waals surface area (Å²) in [7, 11) is 0. The lowest BCUT2D eigenvalue weighted by Gasteiger charge is -2.13. The van der Waals surface area contributed by atoms with Gasteiger partial charge in [0.15, 0.2) is 0 Å². The van der Waals surface area contributed by atoms with Crippen LogP contribution < -0.4 is 10.5 Å². The molecule has 0 spiro atoms. The zero-order valence-corrected chi connectivity index (χ0v) is 7.93. The van der Waals surface area contributed by atoms with Gasteiger partial charge in [-0.05, 0) is 12.1 Å². The Kier molecular flexibility index (Phi) is 2.96. The molecule has 0 aromatic carbocycles. The lowest BCUT2D eigenvalue weighted by atomic mass is 10.1. The van der Waals surface area contributed by atoms with Crippen LogP contribution in [-0.2, 0) is 4.74 Å². The number of ether oxygens (including phenoxy) is 2. The van der Waals surface area contributed by atoms with Crippen LogP contribution in [0.15, 0.2) is 24.5 Å². The molecule has 1 aromatic heterocycles. The Labute approximate surface area is 83.0 Å². The summed E-state index contributed by atoms with van der Waals surface area (Å²) in [6.45, 7) is 1.94. The van der Waals surface area contributed by atoms with Gasteiger partial charge in [-0.15, -0.1) is 0 Å². The molecule has 76 valence electrons. The Balaban J connectivity index is 1.82. The van der Waals surface area contributed by atoms with Crippen molar-refractivity contribution in [1.29, 1.82) is 0 Å². The molecule has 2 rings (SSSR count). The first-order chi connectivity index (χ1) is 6.86. The maximum Gasteiger partial charge on any atom is 0.137 e. The minimum atomic E-state index is 0.103. The highest BCUT2D eigenvalue weighted by atomic mass is 16.5. The van der Waals surface area contributed by atoms with Crippen molar-refractivity contribution in [2.24, 2.45) is 11.7 Å². The number of hydrogen-bond donors (Lipinski definition) is 1. The van der Waals surface area contributed by atoms with E-state index in [4.69, 9.17) is 15.2 Å². The third kappa shape index (κ3) is 2.21. The molecule has 1 aliphatic rings. The molecule has 1 aromatic rings. The molecule has 0 amide bonds. The van der Waals surface area contributed by atoms with Crippen LogP contribution in [0.1, 0.15) is 0 Å². The highest BCUT2D eigenvalue weighted by Crippen LogP contribution is 2.14. The maximum atomic E-state index is 5.82. The van der Waals surface area contributed by atoms with Crippen LogP contribution in [0.25, 0.3) is 0 Å². The number of aromatic nitrogens is 1. The van der Waals surface area contributed by atoms with E-state index >= 15 is 0 Å². The fourth-order valence-corrected chi connectivity index (χ4v) is 1.42. The zero-order chi connectivity index (χ0) is 9.80. The van der Waals surface area contributed by atoms with Gasteiger partial charge in [0.1, 0.15) is 5.75 Å². The van der Waals surface area contributed by atoms with E-state index in [0.29, 0.717) is 25.7 Å². The first-order valence-corrected chi connectivity index (χ1v) is 4.72. The fourth-order valence-electron chi connectivity index (χ4n) is 1.42. The van der Waals surface area contributed by atoms with Crippen molar-refractivity contribution in [1.82, 2.24) is 4.98 Å². The van der Waals surface area contributed by atoms with Gasteiger partial charge in [0, 0.05) is 18.2 Å². The molecule has 0 bridgehead atoms. The Morgan fingerprint density at radius 1 is 1.57 bits per heavy atom. The largest absolute Gasteiger partial charge is 0.492 e. The number of hydrogen-bond acceptors (Lipinski definition) is 4. The van der Waals surface area contributed by atoms with E-state index in [0.717, 1.165) is 5.75 Å². The third-order valence-electron chi connectivity index (χ3n) is 2.35. The van der Waals surface area contributed by atoms with E-state index in [1.54, 1.807) is 12.4 Å². The summed E-state index contributed by atoms with van der Waals surface area (Å²) in [6, 6.07) is 3.83. The summed E-state index contributed by atoms with van der Waals surface area (Å²) >= 11 is 0.